The largest absolute Gasteiger partial charge is 0.431 e. The van der Waals surface area contributed by atoms with Crippen LogP contribution in [0.3, 0.4) is 0 Å². The van der Waals surface area contributed by atoms with E-state index < -0.39 is 59.1 Å². The highest BCUT2D eigenvalue weighted by Crippen LogP contribution is 2.44. The molecule has 4 atom stereocenters. The molecule has 6 aromatic rings. The molecular weight excluding hydrogens is 728 g/mol. The number of aliphatic hydroxyl groups is 1. The van der Waals surface area contributed by atoms with Crippen LogP contribution in [0.25, 0.3) is 22.6 Å². The Morgan fingerprint density at radius 1 is 0.759 bits per heavy atom. The Balaban J connectivity index is 1.17. The summed E-state index contributed by atoms with van der Waals surface area (Å²) in [6, 6.07) is 32.6. The van der Waals surface area contributed by atoms with E-state index in [9.17, 15) is 31.9 Å². The number of aliphatic hydroxyl groups excluding tert-OH is 1. The summed E-state index contributed by atoms with van der Waals surface area (Å²) < 4.78 is 89.4. The van der Waals surface area contributed by atoms with Gasteiger partial charge in [0, 0.05) is 34.0 Å². The topological polar surface area (TPSA) is 93.8 Å². The van der Waals surface area contributed by atoms with E-state index in [2.05, 4.69) is 5.32 Å². The molecule has 0 aliphatic carbocycles. The van der Waals surface area contributed by atoms with Gasteiger partial charge in [-0.25, -0.2) is 26.9 Å². The predicted molar refractivity (Wildman–Crippen MR) is 192 cm³/mol. The van der Waals surface area contributed by atoms with E-state index >= 15 is 0 Å². The predicted octanol–water partition coefficient (Wildman–Crippen LogP) is 10.0. The zero-order chi connectivity index (χ0) is 37.9. The highest BCUT2D eigenvalue weighted by atomic mass is 32.2. The summed E-state index contributed by atoms with van der Waals surface area (Å²) >= 11 is 1.36. The molecular formula is C41H31F5N2O5S. The number of carbonyl (C=O) groups is 1. The maximum absolute atomic E-state index is 14.4. The third kappa shape index (κ3) is 7.53. The molecule has 1 amide bonds. The van der Waals surface area contributed by atoms with Crippen molar-refractivity contribution in [3.63, 3.8) is 0 Å². The van der Waals surface area contributed by atoms with Crippen LogP contribution in [0, 0.1) is 35.0 Å². The number of aromatic nitrogens is 1. The molecule has 1 aliphatic heterocycles. The van der Waals surface area contributed by atoms with Crippen molar-refractivity contribution in [3.8, 4) is 22.6 Å². The second-order valence-corrected chi connectivity index (χ2v) is 13.5. The van der Waals surface area contributed by atoms with E-state index in [-0.39, 0.29) is 18.2 Å². The van der Waals surface area contributed by atoms with E-state index in [4.69, 9.17) is 18.9 Å². The smallest absolute Gasteiger partial charge is 0.261 e. The summed E-state index contributed by atoms with van der Waals surface area (Å²) in [6.07, 6.45) is -2.00. The third-order valence-corrected chi connectivity index (χ3v) is 9.96. The fourth-order valence-electron chi connectivity index (χ4n) is 6.16. The summed E-state index contributed by atoms with van der Waals surface area (Å²) in [5.41, 5.74) is 2.75. The first-order chi connectivity index (χ1) is 26.1. The summed E-state index contributed by atoms with van der Waals surface area (Å²) in [5, 5.41) is 12.2. The van der Waals surface area contributed by atoms with Crippen LogP contribution in [0.1, 0.15) is 46.4 Å². The lowest BCUT2D eigenvalue weighted by atomic mass is 9.91. The number of rotatable bonds is 10. The monoisotopic (exact) mass is 758 g/mol. The number of hydrogen-bond acceptors (Lipinski definition) is 7. The van der Waals surface area contributed by atoms with Crippen LogP contribution >= 0.6 is 11.8 Å². The van der Waals surface area contributed by atoms with E-state index in [1.165, 1.54) is 30.0 Å². The number of oxazole rings is 1. The van der Waals surface area contributed by atoms with Crippen LogP contribution in [0.4, 0.5) is 27.6 Å². The molecule has 54 heavy (non-hydrogen) atoms. The molecule has 1 fully saturated rings. The van der Waals surface area contributed by atoms with Gasteiger partial charge >= 0.3 is 0 Å². The molecule has 13 heteroatoms. The van der Waals surface area contributed by atoms with Gasteiger partial charge < -0.3 is 24.3 Å². The van der Waals surface area contributed by atoms with Crippen LogP contribution in [-0.2, 0) is 16.1 Å². The van der Waals surface area contributed by atoms with Crippen molar-refractivity contribution in [1.29, 1.82) is 0 Å². The fourth-order valence-corrected chi connectivity index (χ4v) is 7.15. The highest BCUT2D eigenvalue weighted by molar-refractivity contribution is 7.99. The number of thioether (sulfide) groups is 1. The molecule has 1 saturated heterocycles. The fraction of sp³-hybridized carbons (Fsp3) is 0.171. The first kappa shape index (κ1) is 37.0. The van der Waals surface area contributed by atoms with Crippen molar-refractivity contribution >= 4 is 23.4 Å². The number of anilines is 1. The molecule has 1 aromatic heterocycles. The third-order valence-electron chi connectivity index (χ3n) is 9.04. The molecule has 276 valence electrons. The Bertz CT molecular complexity index is 2190. The summed E-state index contributed by atoms with van der Waals surface area (Å²) in [7, 11) is 0. The maximum Gasteiger partial charge on any atom is 0.261 e. The van der Waals surface area contributed by atoms with Gasteiger partial charge in [-0.05, 0) is 23.3 Å². The average Bonchev–Trinajstić information content (AvgIpc) is 3.64. The Morgan fingerprint density at radius 2 is 1.39 bits per heavy atom. The lowest BCUT2D eigenvalue weighted by molar-refractivity contribution is -0.268. The van der Waals surface area contributed by atoms with Gasteiger partial charge in [-0.15, -0.1) is 0 Å². The van der Waals surface area contributed by atoms with Gasteiger partial charge in [0.25, 0.3) is 11.1 Å². The normalized spacial score (nSPS) is 18.4. The van der Waals surface area contributed by atoms with Gasteiger partial charge in [0.1, 0.15) is 11.3 Å². The molecule has 5 aromatic carbocycles. The Morgan fingerprint density at radius 3 is 2.04 bits per heavy atom. The SMILES string of the molecule is C[C@H]1[C@@H](CSc2nc(-c3ccccc3)c(-c3ccccc3)o2)O[C@@H](c2cccc(NC(=O)c3c(F)c(F)c(F)c(F)c3F)c2)O[C@H]1c1ccc(CO)cc1. The first-order valence-corrected chi connectivity index (χ1v) is 17.8. The minimum Gasteiger partial charge on any atom is -0.431 e. The zero-order valence-corrected chi connectivity index (χ0v) is 29.3. The summed E-state index contributed by atoms with van der Waals surface area (Å²) in [6.45, 7) is 1.84. The van der Waals surface area contributed by atoms with Gasteiger partial charge in [0.2, 0.25) is 5.82 Å². The number of halogens is 5. The summed E-state index contributed by atoms with van der Waals surface area (Å²) in [4.78, 5) is 17.7. The molecule has 2 N–H and O–H groups in total. The Labute approximate surface area is 310 Å². The van der Waals surface area contributed by atoms with E-state index in [0.717, 1.165) is 16.7 Å². The van der Waals surface area contributed by atoms with Crippen molar-refractivity contribution in [2.45, 2.75) is 37.3 Å². The average molecular weight is 759 g/mol. The minimum absolute atomic E-state index is 0.0105. The van der Waals surface area contributed by atoms with Crippen molar-refractivity contribution in [2.24, 2.45) is 5.92 Å². The Hall–Kier alpha value is -5.34. The van der Waals surface area contributed by atoms with E-state index in [0.29, 0.717) is 33.6 Å². The molecule has 2 heterocycles. The molecule has 7 rings (SSSR count). The number of amides is 1. The first-order valence-electron chi connectivity index (χ1n) is 16.8. The van der Waals surface area contributed by atoms with Gasteiger partial charge in [0.05, 0.1) is 18.8 Å². The number of nitrogens with one attached hydrogen (secondary N) is 1. The van der Waals surface area contributed by atoms with Crippen molar-refractivity contribution in [1.82, 2.24) is 4.98 Å². The van der Waals surface area contributed by atoms with Crippen LogP contribution in [0.15, 0.2) is 119 Å². The van der Waals surface area contributed by atoms with E-state index in [1.807, 2.05) is 79.7 Å². The second-order valence-electron chi connectivity index (χ2n) is 12.5. The minimum atomic E-state index is -2.37. The number of benzene rings is 5. The molecule has 0 radical (unpaired) electrons. The molecule has 1 aliphatic rings. The van der Waals surface area contributed by atoms with Crippen molar-refractivity contribution < 1.29 is 45.7 Å². The van der Waals surface area contributed by atoms with E-state index in [1.54, 1.807) is 18.2 Å². The Kier molecular flexibility index (Phi) is 10.9. The maximum atomic E-state index is 14.4. The van der Waals surface area contributed by atoms with Crippen LogP contribution in [-0.4, -0.2) is 27.9 Å². The molecule has 0 unspecified atom stereocenters. The molecule has 0 spiro atoms. The van der Waals surface area contributed by atoms with Gasteiger partial charge in [-0.2, -0.15) is 0 Å². The molecule has 0 saturated carbocycles. The number of nitrogens with zero attached hydrogens (tertiary/aromatic N) is 1. The van der Waals surface area contributed by atoms with Crippen LogP contribution in [0.2, 0.25) is 0 Å². The molecule has 0 bridgehead atoms. The number of ether oxygens (including phenoxy) is 2. The zero-order valence-electron chi connectivity index (χ0n) is 28.4. The standard InChI is InChI=1S/C41H31F5N2O5S/c1-22-29(21-54-41-48-36(24-9-4-2-5-10-24)38(53-41)25-11-6-3-7-12-25)51-40(52-37(22)26-17-15-23(20-49)16-18-26)27-13-8-14-28(19-27)47-39(50)30-31(42)33(44)35(46)34(45)32(30)43/h2-19,22,29,37,40,49H,20-21H2,1H3,(H,47,50)/t22-,29+,37+,40+/m0/s1. The quantitative estimate of drug-likeness (QED) is 0.0622. The summed E-state index contributed by atoms with van der Waals surface area (Å²) in [5.74, 6) is -12.1. The second kappa shape index (κ2) is 15.9. The van der Waals surface area contributed by atoms with Crippen LogP contribution in [0.5, 0.6) is 0 Å². The lowest BCUT2D eigenvalue weighted by Crippen LogP contribution is -2.38. The van der Waals surface area contributed by atoms with Crippen molar-refractivity contribution in [2.75, 3.05) is 11.1 Å². The van der Waals surface area contributed by atoms with Gasteiger partial charge in [-0.1, -0.05) is 116 Å². The number of hydrogen-bond donors (Lipinski definition) is 2. The highest BCUT2D eigenvalue weighted by Gasteiger charge is 2.39. The van der Waals surface area contributed by atoms with Gasteiger partial charge in [-0.3, -0.25) is 4.79 Å². The van der Waals surface area contributed by atoms with Crippen molar-refractivity contribution in [3.05, 3.63) is 161 Å². The van der Waals surface area contributed by atoms with Gasteiger partial charge in [0.15, 0.2) is 35.3 Å². The lowest BCUT2D eigenvalue weighted by Gasteiger charge is -2.41. The van der Waals surface area contributed by atoms with Crippen LogP contribution < -0.4 is 5.32 Å². The molecule has 7 nitrogen and oxygen atoms in total. The number of carbonyl (C=O) groups excluding carboxylic acids is 1.